The van der Waals surface area contributed by atoms with Crippen molar-refractivity contribution in [2.45, 2.75) is 43.2 Å². The first-order valence-corrected chi connectivity index (χ1v) is 8.10. The first-order valence-electron chi connectivity index (χ1n) is 7.11. The minimum Gasteiger partial charge on any atom is -0.316 e. The van der Waals surface area contributed by atoms with E-state index >= 15 is 0 Å². The Hall–Kier alpha value is -0.620. The van der Waals surface area contributed by atoms with Gasteiger partial charge in [0.15, 0.2) is 5.16 Å². The van der Waals surface area contributed by atoms with E-state index < -0.39 is 0 Å². The Balaban J connectivity index is 1.83. The summed E-state index contributed by atoms with van der Waals surface area (Å²) >= 11 is 1.73. The molecule has 108 valence electrons. The molecule has 0 aliphatic carbocycles. The fourth-order valence-electron chi connectivity index (χ4n) is 2.42. The second-order valence-electron chi connectivity index (χ2n) is 5.04. The number of thioether (sulfide) groups is 1. The van der Waals surface area contributed by atoms with E-state index in [0.717, 1.165) is 42.7 Å². The molecule has 1 aliphatic heterocycles. The molecule has 1 fully saturated rings. The lowest BCUT2D eigenvalue weighted by Crippen LogP contribution is -2.29. The van der Waals surface area contributed by atoms with Crippen LogP contribution in [0, 0.1) is 0 Å². The molecule has 1 saturated heterocycles. The van der Waals surface area contributed by atoms with Crippen molar-refractivity contribution in [2.24, 2.45) is 7.05 Å². The fourth-order valence-corrected chi connectivity index (χ4v) is 3.33. The molecule has 0 aromatic carbocycles. The Morgan fingerprint density at radius 3 is 3.00 bits per heavy atom. The van der Waals surface area contributed by atoms with Crippen molar-refractivity contribution in [2.75, 3.05) is 25.5 Å². The second-order valence-corrected chi connectivity index (χ2v) is 6.10. The number of nitrogens with one attached hydrogen (secondary N) is 1. The summed E-state index contributed by atoms with van der Waals surface area (Å²) in [4.78, 5) is 0. The summed E-state index contributed by atoms with van der Waals surface area (Å²) in [6.07, 6.45) is 5.09. The third-order valence-electron chi connectivity index (χ3n) is 3.54. The lowest BCUT2D eigenvalue weighted by molar-refractivity contribution is 0.436. The molecule has 2 heterocycles. The molecule has 1 aromatic heterocycles. The molecule has 0 saturated carbocycles. The van der Waals surface area contributed by atoms with Crippen molar-refractivity contribution in [3.05, 3.63) is 5.82 Å². The summed E-state index contributed by atoms with van der Waals surface area (Å²) in [5, 5.41) is 13.0. The molecule has 1 aliphatic rings. The van der Waals surface area contributed by atoms with Crippen molar-refractivity contribution in [3.8, 4) is 0 Å². The van der Waals surface area contributed by atoms with Gasteiger partial charge in [-0.2, -0.15) is 0 Å². The number of hydrogen-bond donors (Lipinski definition) is 1. The number of nitrogens with zero attached hydrogens (tertiary/aromatic N) is 3. The van der Waals surface area contributed by atoms with Crippen LogP contribution < -0.4 is 5.32 Å². The van der Waals surface area contributed by atoms with E-state index in [1.165, 1.54) is 12.8 Å². The summed E-state index contributed by atoms with van der Waals surface area (Å²) in [5.74, 6) is 2.58. The number of aromatic nitrogens is 3. The summed E-state index contributed by atoms with van der Waals surface area (Å²) in [6.45, 7) is 1.92. The van der Waals surface area contributed by atoms with Gasteiger partial charge < -0.3 is 9.88 Å². The van der Waals surface area contributed by atoms with Gasteiger partial charge in [0, 0.05) is 25.3 Å². The number of piperidine rings is 1. The molecule has 0 amide bonds. The molecular weight excluding hydrogens is 263 g/mol. The Labute approximate surface area is 118 Å². The highest BCUT2D eigenvalue weighted by Crippen LogP contribution is 2.25. The average molecular weight is 286 g/mol. The summed E-state index contributed by atoms with van der Waals surface area (Å²) < 4.78 is 14.1. The quantitative estimate of drug-likeness (QED) is 0.618. The maximum Gasteiger partial charge on any atom is 0.190 e. The van der Waals surface area contributed by atoms with Crippen LogP contribution in [0.4, 0.5) is 4.39 Å². The number of halogens is 1. The normalized spacial score (nSPS) is 19.8. The number of hydrogen-bond acceptors (Lipinski definition) is 4. The largest absolute Gasteiger partial charge is 0.316 e. The van der Waals surface area contributed by atoms with Gasteiger partial charge in [-0.3, -0.25) is 4.39 Å². The van der Waals surface area contributed by atoms with E-state index in [1.54, 1.807) is 11.8 Å². The number of unbranched alkanes of at least 4 members (excludes halogenated alkanes) is 2. The van der Waals surface area contributed by atoms with Crippen LogP contribution in [-0.2, 0) is 7.05 Å². The standard InChI is InChI=1S/C13H23FN4S/c1-18-12(11-6-5-8-15-10-11)16-17-13(18)19-9-4-2-3-7-14/h11,15H,2-10H2,1H3/t11-/m1/s1. The van der Waals surface area contributed by atoms with E-state index in [1.807, 2.05) is 7.05 Å². The van der Waals surface area contributed by atoms with Crippen LogP contribution in [0.1, 0.15) is 43.8 Å². The predicted octanol–water partition coefficient (Wildman–Crippen LogP) is 2.51. The van der Waals surface area contributed by atoms with E-state index in [2.05, 4.69) is 20.1 Å². The Kier molecular flexibility index (Phi) is 6.10. The molecule has 0 bridgehead atoms. The van der Waals surface area contributed by atoms with E-state index in [9.17, 15) is 4.39 Å². The minimum absolute atomic E-state index is 0.201. The fraction of sp³-hybridized carbons (Fsp3) is 0.846. The number of rotatable bonds is 7. The third kappa shape index (κ3) is 4.18. The minimum atomic E-state index is -0.201. The van der Waals surface area contributed by atoms with Crippen molar-refractivity contribution < 1.29 is 4.39 Å². The summed E-state index contributed by atoms with van der Waals surface area (Å²) in [5.41, 5.74) is 0. The zero-order chi connectivity index (χ0) is 13.5. The maximum atomic E-state index is 12.0. The van der Waals surface area contributed by atoms with Crippen LogP contribution in [0.2, 0.25) is 0 Å². The number of alkyl halides is 1. The molecule has 2 rings (SSSR count). The van der Waals surface area contributed by atoms with Gasteiger partial charge >= 0.3 is 0 Å². The van der Waals surface area contributed by atoms with Crippen LogP contribution in [0.25, 0.3) is 0 Å². The van der Waals surface area contributed by atoms with Gasteiger partial charge in [0.05, 0.1) is 6.67 Å². The smallest absolute Gasteiger partial charge is 0.190 e. The monoisotopic (exact) mass is 286 g/mol. The highest BCUT2D eigenvalue weighted by molar-refractivity contribution is 7.99. The summed E-state index contributed by atoms with van der Waals surface area (Å²) in [6, 6.07) is 0. The van der Waals surface area contributed by atoms with Crippen LogP contribution in [0.3, 0.4) is 0 Å². The van der Waals surface area contributed by atoms with Crippen molar-refractivity contribution in [1.29, 1.82) is 0 Å². The van der Waals surface area contributed by atoms with Crippen molar-refractivity contribution in [3.63, 3.8) is 0 Å². The molecule has 0 spiro atoms. The van der Waals surface area contributed by atoms with Crippen LogP contribution >= 0.6 is 11.8 Å². The topological polar surface area (TPSA) is 42.7 Å². The van der Waals surface area contributed by atoms with Gasteiger partial charge in [0.2, 0.25) is 0 Å². The van der Waals surface area contributed by atoms with Gasteiger partial charge in [0.25, 0.3) is 0 Å². The van der Waals surface area contributed by atoms with Gasteiger partial charge in [-0.25, -0.2) is 0 Å². The van der Waals surface area contributed by atoms with E-state index in [-0.39, 0.29) is 6.67 Å². The zero-order valence-electron chi connectivity index (χ0n) is 11.6. The average Bonchev–Trinajstić information content (AvgIpc) is 2.81. The van der Waals surface area contributed by atoms with Crippen LogP contribution in [-0.4, -0.2) is 40.3 Å². The van der Waals surface area contributed by atoms with E-state index in [0.29, 0.717) is 12.3 Å². The van der Waals surface area contributed by atoms with Crippen LogP contribution in [0.5, 0.6) is 0 Å². The molecule has 4 nitrogen and oxygen atoms in total. The molecule has 1 atom stereocenters. The molecule has 0 radical (unpaired) electrons. The molecule has 1 aromatic rings. The first-order chi connectivity index (χ1) is 9.33. The lowest BCUT2D eigenvalue weighted by atomic mass is 9.99. The third-order valence-corrected chi connectivity index (χ3v) is 4.65. The van der Waals surface area contributed by atoms with Gasteiger partial charge in [-0.15, -0.1) is 10.2 Å². The van der Waals surface area contributed by atoms with Gasteiger partial charge in [-0.05, 0) is 32.2 Å². The predicted molar refractivity (Wildman–Crippen MR) is 76.4 cm³/mol. The van der Waals surface area contributed by atoms with Crippen molar-refractivity contribution in [1.82, 2.24) is 20.1 Å². The van der Waals surface area contributed by atoms with Crippen LogP contribution in [0.15, 0.2) is 5.16 Å². The van der Waals surface area contributed by atoms with Gasteiger partial charge in [0.1, 0.15) is 5.82 Å². The summed E-state index contributed by atoms with van der Waals surface area (Å²) in [7, 11) is 2.05. The molecule has 6 heteroatoms. The Morgan fingerprint density at radius 1 is 1.37 bits per heavy atom. The first kappa shape index (κ1) is 14.8. The highest BCUT2D eigenvalue weighted by atomic mass is 32.2. The lowest BCUT2D eigenvalue weighted by Gasteiger charge is -2.21. The maximum absolute atomic E-state index is 12.0. The van der Waals surface area contributed by atoms with Gasteiger partial charge in [-0.1, -0.05) is 18.2 Å². The van der Waals surface area contributed by atoms with E-state index in [4.69, 9.17) is 0 Å². The SMILES string of the molecule is Cn1c(SCCCCCF)nnc1[C@@H]1CCCNC1. The highest BCUT2D eigenvalue weighted by Gasteiger charge is 2.21. The Bertz CT molecular complexity index is 377. The second kappa shape index (κ2) is 7.85. The van der Waals surface area contributed by atoms with Crippen molar-refractivity contribution >= 4 is 11.8 Å². The molecule has 1 N–H and O–H groups in total. The molecule has 19 heavy (non-hydrogen) atoms. The molecule has 0 unspecified atom stereocenters. The Morgan fingerprint density at radius 2 is 2.26 bits per heavy atom. The molecular formula is C13H23FN4S. The zero-order valence-corrected chi connectivity index (χ0v) is 12.4.